The quantitative estimate of drug-likeness (QED) is 0.309. The Labute approximate surface area is 181 Å². The van der Waals surface area contributed by atoms with Gasteiger partial charge in [0, 0.05) is 65.1 Å². The number of hydrogen-bond donors (Lipinski definition) is 2. The van der Waals surface area contributed by atoms with Gasteiger partial charge in [-0.1, -0.05) is 45.4 Å². The number of carbonyl (C=O) groups is 1. The first kappa shape index (κ1) is 23.9. The molecule has 1 saturated heterocycles. The Balaban J connectivity index is 1.54. The topological polar surface area (TPSA) is 85.8 Å². The van der Waals surface area contributed by atoms with Crippen molar-refractivity contribution in [2.45, 2.75) is 58.3 Å². The number of aliphatic imine (C=N–C) groups is 1. The highest BCUT2D eigenvalue weighted by Gasteiger charge is 2.22. The first-order valence-electron chi connectivity index (χ1n) is 11.5. The minimum absolute atomic E-state index is 0.179. The Bertz CT molecular complexity index is 615. The van der Waals surface area contributed by atoms with Crippen molar-refractivity contribution in [3.63, 3.8) is 0 Å². The van der Waals surface area contributed by atoms with E-state index in [4.69, 9.17) is 0 Å². The van der Waals surface area contributed by atoms with Crippen molar-refractivity contribution in [2.75, 3.05) is 51.2 Å². The fourth-order valence-electron chi connectivity index (χ4n) is 3.57. The van der Waals surface area contributed by atoms with Gasteiger partial charge in [-0.3, -0.25) is 9.79 Å². The van der Waals surface area contributed by atoms with Gasteiger partial charge in [-0.05, 0) is 12.5 Å². The second-order valence-electron chi connectivity index (χ2n) is 7.71. The average molecular weight is 418 g/mol. The van der Waals surface area contributed by atoms with Gasteiger partial charge in [0.1, 0.15) is 0 Å². The molecule has 168 valence electrons. The molecule has 0 unspecified atom stereocenters. The molecule has 1 aliphatic heterocycles. The Hall–Kier alpha value is -2.38. The Morgan fingerprint density at radius 3 is 2.27 bits per heavy atom. The van der Waals surface area contributed by atoms with E-state index >= 15 is 0 Å². The maximum Gasteiger partial charge on any atom is 0.225 e. The van der Waals surface area contributed by atoms with Gasteiger partial charge in [0.15, 0.2) is 5.96 Å². The summed E-state index contributed by atoms with van der Waals surface area (Å²) in [5.41, 5.74) is 0. The number of nitrogens with one attached hydrogen (secondary N) is 2. The van der Waals surface area contributed by atoms with Crippen LogP contribution in [0.25, 0.3) is 0 Å². The summed E-state index contributed by atoms with van der Waals surface area (Å²) < 4.78 is 0. The lowest BCUT2D eigenvalue weighted by Crippen LogP contribution is -2.50. The summed E-state index contributed by atoms with van der Waals surface area (Å²) in [6, 6.07) is 1.81. The molecule has 1 aliphatic rings. The molecule has 0 aromatic carbocycles. The number of amides is 1. The molecule has 2 heterocycles. The zero-order valence-corrected chi connectivity index (χ0v) is 18.8. The van der Waals surface area contributed by atoms with Gasteiger partial charge in [0.25, 0.3) is 0 Å². The average Bonchev–Trinajstić information content (AvgIpc) is 2.80. The molecule has 0 atom stereocenters. The Morgan fingerprint density at radius 2 is 1.60 bits per heavy atom. The molecule has 0 saturated carbocycles. The molecular weight excluding hydrogens is 378 g/mol. The van der Waals surface area contributed by atoms with Crippen molar-refractivity contribution < 1.29 is 4.79 Å². The third-order valence-electron chi connectivity index (χ3n) is 5.40. The van der Waals surface area contributed by atoms with E-state index < -0.39 is 0 Å². The van der Waals surface area contributed by atoms with Crippen LogP contribution in [-0.4, -0.2) is 73.1 Å². The van der Waals surface area contributed by atoms with Crippen LogP contribution in [0.5, 0.6) is 0 Å². The number of hydrogen-bond acceptors (Lipinski definition) is 5. The number of anilines is 1. The summed E-state index contributed by atoms with van der Waals surface area (Å²) in [5.74, 6) is 1.69. The van der Waals surface area contributed by atoms with Crippen LogP contribution in [-0.2, 0) is 4.79 Å². The van der Waals surface area contributed by atoms with Crippen LogP contribution in [0, 0.1) is 0 Å². The third kappa shape index (κ3) is 8.97. The lowest BCUT2D eigenvalue weighted by molar-refractivity contribution is -0.131. The smallest absolute Gasteiger partial charge is 0.225 e. The molecule has 0 bridgehead atoms. The number of nitrogens with zero attached hydrogens (tertiary/aromatic N) is 5. The zero-order chi connectivity index (χ0) is 21.4. The van der Waals surface area contributed by atoms with Gasteiger partial charge in [0.2, 0.25) is 11.9 Å². The van der Waals surface area contributed by atoms with Gasteiger partial charge < -0.3 is 20.4 Å². The fourth-order valence-corrected chi connectivity index (χ4v) is 3.57. The van der Waals surface area contributed by atoms with Crippen molar-refractivity contribution in [2.24, 2.45) is 4.99 Å². The maximum atomic E-state index is 12.5. The molecule has 0 radical (unpaired) electrons. The van der Waals surface area contributed by atoms with Gasteiger partial charge in [-0.25, -0.2) is 9.97 Å². The van der Waals surface area contributed by atoms with Crippen LogP contribution < -0.4 is 15.5 Å². The highest BCUT2D eigenvalue weighted by Crippen LogP contribution is 2.10. The summed E-state index contributed by atoms with van der Waals surface area (Å²) in [5, 5.41) is 6.60. The number of aromatic nitrogens is 2. The number of guanidine groups is 1. The largest absolute Gasteiger partial charge is 0.356 e. The van der Waals surface area contributed by atoms with E-state index in [2.05, 4.69) is 37.4 Å². The molecular formula is C22H39N7O. The second kappa shape index (κ2) is 14.6. The molecule has 1 amide bonds. The van der Waals surface area contributed by atoms with E-state index in [0.717, 1.165) is 38.0 Å². The van der Waals surface area contributed by atoms with Gasteiger partial charge >= 0.3 is 0 Å². The molecule has 0 aliphatic carbocycles. The molecule has 2 N–H and O–H groups in total. The molecule has 1 fully saturated rings. The highest BCUT2D eigenvalue weighted by molar-refractivity contribution is 5.81. The molecule has 8 heteroatoms. The minimum atomic E-state index is 0.179. The van der Waals surface area contributed by atoms with Gasteiger partial charge in [-0.15, -0.1) is 0 Å². The predicted octanol–water partition coefficient (Wildman–Crippen LogP) is 2.43. The monoisotopic (exact) mass is 417 g/mol. The summed E-state index contributed by atoms with van der Waals surface area (Å²) in [4.78, 5) is 29.4. The summed E-state index contributed by atoms with van der Waals surface area (Å²) in [6.45, 7) is 6.72. The number of carbonyl (C=O) groups excluding carboxylic acids is 1. The van der Waals surface area contributed by atoms with Crippen LogP contribution >= 0.6 is 0 Å². The van der Waals surface area contributed by atoms with Crippen molar-refractivity contribution in [3.8, 4) is 0 Å². The Kier molecular flexibility index (Phi) is 11.6. The van der Waals surface area contributed by atoms with Crippen molar-refractivity contribution in [1.82, 2.24) is 25.5 Å². The summed E-state index contributed by atoms with van der Waals surface area (Å²) in [6.07, 6.45) is 13.0. The van der Waals surface area contributed by atoms with Crippen LogP contribution in [0.15, 0.2) is 23.5 Å². The predicted molar refractivity (Wildman–Crippen MR) is 123 cm³/mol. The van der Waals surface area contributed by atoms with Crippen molar-refractivity contribution in [3.05, 3.63) is 18.5 Å². The van der Waals surface area contributed by atoms with Crippen molar-refractivity contribution >= 4 is 17.8 Å². The SMILES string of the molecule is CCCCCCCCCNC(=NC)NCCC(=O)N1CCN(c2ncccn2)CC1. The molecule has 30 heavy (non-hydrogen) atoms. The number of rotatable bonds is 12. The minimum Gasteiger partial charge on any atom is -0.356 e. The lowest BCUT2D eigenvalue weighted by atomic mass is 10.1. The summed E-state index contributed by atoms with van der Waals surface area (Å²) >= 11 is 0. The molecule has 1 aromatic rings. The van der Waals surface area contributed by atoms with Crippen LogP contribution in [0.3, 0.4) is 0 Å². The summed E-state index contributed by atoms with van der Waals surface area (Å²) in [7, 11) is 1.77. The van der Waals surface area contributed by atoms with E-state index in [1.807, 2.05) is 11.0 Å². The van der Waals surface area contributed by atoms with Crippen LogP contribution in [0.1, 0.15) is 58.3 Å². The standard InChI is InChI=1S/C22H39N7O/c1-3-4-5-6-7-8-9-12-24-21(23-2)25-15-11-20(30)28-16-18-29(19-17-28)22-26-13-10-14-27-22/h10,13-14H,3-9,11-12,15-19H2,1-2H3,(H2,23,24,25). The lowest BCUT2D eigenvalue weighted by Gasteiger charge is -2.34. The molecule has 1 aromatic heterocycles. The Morgan fingerprint density at radius 1 is 0.967 bits per heavy atom. The van der Waals surface area contributed by atoms with Crippen molar-refractivity contribution in [1.29, 1.82) is 0 Å². The normalized spacial score (nSPS) is 14.7. The van der Waals surface area contributed by atoms with E-state index in [0.29, 0.717) is 26.1 Å². The van der Waals surface area contributed by atoms with E-state index in [-0.39, 0.29) is 5.91 Å². The van der Waals surface area contributed by atoms with Crippen LogP contribution in [0.2, 0.25) is 0 Å². The first-order chi connectivity index (χ1) is 14.7. The maximum absolute atomic E-state index is 12.5. The first-order valence-corrected chi connectivity index (χ1v) is 11.5. The fraction of sp³-hybridized carbons (Fsp3) is 0.727. The van der Waals surface area contributed by atoms with Crippen LogP contribution in [0.4, 0.5) is 5.95 Å². The molecule has 0 spiro atoms. The van der Waals surface area contributed by atoms with Gasteiger partial charge in [-0.2, -0.15) is 0 Å². The number of unbranched alkanes of at least 4 members (excludes halogenated alkanes) is 6. The zero-order valence-electron chi connectivity index (χ0n) is 18.8. The molecule has 8 nitrogen and oxygen atoms in total. The van der Waals surface area contributed by atoms with E-state index in [1.54, 1.807) is 19.4 Å². The molecule has 2 rings (SSSR count). The third-order valence-corrected chi connectivity index (χ3v) is 5.40. The second-order valence-corrected chi connectivity index (χ2v) is 7.71. The van der Waals surface area contributed by atoms with Gasteiger partial charge in [0.05, 0.1) is 0 Å². The number of piperazine rings is 1. The van der Waals surface area contributed by atoms with E-state index in [9.17, 15) is 4.79 Å². The highest BCUT2D eigenvalue weighted by atomic mass is 16.2. The van der Waals surface area contributed by atoms with E-state index in [1.165, 1.54) is 38.5 Å².